The Morgan fingerprint density at radius 1 is 0.818 bits per heavy atom. The number of hydrogen-bond donors (Lipinski definition) is 9. The molecule has 0 radical (unpaired) electrons. The molecule has 1 aliphatic carbocycles. The summed E-state index contributed by atoms with van der Waals surface area (Å²) >= 11 is 0. The summed E-state index contributed by atoms with van der Waals surface area (Å²) in [6.45, 7) is 0.846. The van der Waals surface area contributed by atoms with Crippen molar-refractivity contribution < 1.29 is 79.2 Å². The van der Waals surface area contributed by atoms with E-state index in [1.807, 2.05) is 0 Å². The van der Waals surface area contributed by atoms with Gasteiger partial charge in [0.1, 0.15) is 60.0 Å². The predicted octanol–water partition coefficient (Wildman–Crippen LogP) is -2.10. The Hall–Kier alpha value is -3.29. The van der Waals surface area contributed by atoms with Crippen LogP contribution >= 0.6 is 0 Å². The van der Waals surface area contributed by atoms with E-state index in [0.717, 1.165) is 12.1 Å². The second kappa shape index (κ2) is 11.0. The first kappa shape index (κ1) is 30.7. The van der Waals surface area contributed by atoms with E-state index in [1.54, 1.807) is 0 Å². The number of fused-ring (bicyclic) bond motifs is 5. The van der Waals surface area contributed by atoms with Crippen LogP contribution in [0.1, 0.15) is 34.3 Å². The molecule has 2 aromatic rings. The van der Waals surface area contributed by atoms with Crippen LogP contribution in [-0.4, -0.2) is 133 Å². The van der Waals surface area contributed by atoms with E-state index in [2.05, 4.69) is 0 Å². The van der Waals surface area contributed by atoms with Crippen molar-refractivity contribution in [2.45, 2.75) is 80.0 Å². The summed E-state index contributed by atoms with van der Waals surface area (Å²) < 4.78 is 33.7. The monoisotopic (exact) mass is 624 g/mol. The summed E-state index contributed by atoms with van der Waals surface area (Å²) in [5.74, 6) is -5.91. The van der Waals surface area contributed by atoms with Crippen LogP contribution < -0.4 is 9.47 Å². The van der Waals surface area contributed by atoms with Gasteiger partial charge >= 0.3 is 0 Å². The van der Waals surface area contributed by atoms with Gasteiger partial charge in [0.25, 0.3) is 5.79 Å². The molecule has 3 heterocycles. The fraction of sp³-hybridized carbons (Fsp3) is 0.536. The van der Waals surface area contributed by atoms with Gasteiger partial charge in [-0.3, -0.25) is 4.79 Å². The van der Waals surface area contributed by atoms with Crippen LogP contribution in [0, 0.1) is 0 Å². The highest BCUT2D eigenvalue weighted by atomic mass is 16.8. The topological polar surface area (TPSA) is 255 Å². The number of hydrogen-bond acceptors (Lipinski definition) is 16. The van der Waals surface area contributed by atoms with E-state index >= 15 is 0 Å². The third kappa shape index (κ3) is 4.57. The Morgan fingerprint density at radius 2 is 1.50 bits per heavy atom. The smallest absolute Gasteiger partial charge is 0.288 e. The van der Waals surface area contributed by atoms with Gasteiger partial charge in [-0.2, -0.15) is 0 Å². The third-order valence-electron chi connectivity index (χ3n) is 8.45. The molecule has 12 atom stereocenters. The van der Waals surface area contributed by atoms with Gasteiger partial charge in [-0.1, -0.05) is 0 Å². The lowest BCUT2D eigenvalue weighted by atomic mass is 9.89. The maximum absolute atomic E-state index is 14.0. The molecule has 2 saturated heterocycles. The van der Waals surface area contributed by atoms with Crippen LogP contribution in [0.15, 0.2) is 24.3 Å². The average Bonchev–Trinajstić information content (AvgIpc) is 3.42. The minimum absolute atomic E-state index is 0.0172. The molecule has 0 saturated carbocycles. The normalized spacial score (nSPS) is 39.4. The first-order valence-corrected chi connectivity index (χ1v) is 13.7. The summed E-state index contributed by atoms with van der Waals surface area (Å²) in [5.41, 5.74) is 0.146. The summed E-state index contributed by atoms with van der Waals surface area (Å²) in [6.07, 6.45) is -16.1. The number of benzene rings is 2. The molecular formula is C28H32O16. The molecule has 16 heteroatoms. The van der Waals surface area contributed by atoms with E-state index in [9.17, 15) is 50.8 Å². The first-order valence-electron chi connectivity index (χ1n) is 13.7. The molecule has 0 aromatic heterocycles. The molecule has 240 valence electrons. The van der Waals surface area contributed by atoms with Gasteiger partial charge in [-0.05, 0) is 24.6 Å². The SMILES string of the molecule is COc1cc2c(cc1O)[C@H]1c3c(O)cc(O)cc3O[C@@]1(O[C@@H]1O[C@H](CO[C@@H]3O[C@@H](C)[C@H](O)[C@@H](O)[C@H]3O)[C@@H](O)[C@H](O)[C@H]1O)C2=O. The largest absolute Gasteiger partial charge is 0.508 e. The van der Waals surface area contributed by atoms with Crippen molar-refractivity contribution in [3.63, 3.8) is 0 Å². The number of ketones is 1. The highest BCUT2D eigenvalue weighted by Crippen LogP contribution is 2.60. The zero-order chi connectivity index (χ0) is 31.8. The number of ether oxygens (including phenoxy) is 6. The van der Waals surface area contributed by atoms with Crippen LogP contribution in [0.4, 0.5) is 0 Å². The Labute approximate surface area is 248 Å². The quantitative estimate of drug-likeness (QED) is 0.167. The molecule has 0 bridgehead atoms. The summed E-state index contributed by atoms with van der Waals surface area (Å²) in [4.78, 5) is 14.0. The first-order chi connectivity index (χ1) is 20.8. The van der Waals surface area contributed by atoms with Crippen LogP contribution in [-0.2, 0) is 18.9 Å². The minimum Gasteiger partial charge on any atom is -0.508 e. The van der Waals surface area contributed by atoms with Crippen LogP contribution in [0.2, 0.25) is 0 Å². The number of aromatic hydroxyl groups is 3. The number of aliphatic hydroxyl groups excluding tert-OH is 6. The van der Waals surface area contributed by atoms with Gasteiger partial charge in [0.15, 0.2) is 24.1 Å². The third-order valence-corrected chi connectivity index (χ3v) is 8.45. The van der Waals surface area contributed by atoms with Crippen molar-refractivity contribution in [3.8, 4) is 28.7 Å². The maximum Gasteiger partial charge on any atom is 0.288 e. The van der Waals surface area contributed by atoms with E-state index in [0.29, 0.717) is 0 Å². The maximum atomic E-state index is 14.0. The number of phenols is 3. The van der Waals surface area contributed by atoms with Crippen molar-refractivity contribution in [1.82, 2.24) is 0 Å². The van der Waals surface area contributed by atoms with Gasteiger partial charge in [0.2, 0.25) is 5.78 Å². The number of aliphatic hydroxyl groups is 6. The van der Waals surface area contributed by atoms with Gasteiger partial charge in [0.05, 0.1) is 31.3 Å². The van der Waals surface area contributed by atoms with Crippen LogP contribution in [0.3, 0.4) is 0 Å². The summed E-state index contributed by atoms with van der Waals surface area (Å²) in [5, 5.41) is 93.8. The van der Waals surface area contributed by atoms with Crippen molar-refractivity contribution >= 4 is 5.78 Å². The lowest BCUT2D eigenvalue weighted by molar-refractivity contribution is -0.352. The Bertz CT molecular complexity index is 1450. The second-order valence-electron chi connectivity index (χ2n) is 11.2. The highest BCUT2D eigenvalue weighted by Gasteiger charge is 2.65. The molecule has 0 amide bonds. The zero-order valence-electron chi connectivity index (χ0n) is 23.3. The van der Waals surface area contributed by atoms with E-state index in [4.69, 9.17) is 28.4 Å². The van der Waals surface area contributed by atoms with E-state index < -0.39 is 97.0 Å². The minimum atomic E-state index is -2.40. The summed E-state index contributed by atoms with van der Waals surface area (Å²) in [7, 11) is 1.27. The number of Topliss-reactive ketones (excluding diaryl/α,β-unsaturated/α-hetero) is 1. The van der Waals surface area contributed by atoms with E-state index in [1.165, 1.54) is 26.2 Å². The second-order valence-corrected chi connectivity index (χ2v) is 11.2. The molecule has 9 N–H and O–H groups in total. The number of methoxy groups -OCH3 is 1. The Kier molecular flexibility index (Phi) is 7.65. The molecular weight excluding hydrogens is 592 g/mol. The average molecular weight is 625 g/mol. The highest BCUT2D eigenvalue weighted by molar-refractivity contribution is 6.09. The Balaban J connectivity index is 1.31. The van der Waals surface area contributed by atoms with Crippen molar-refractivity contribution in [2.24, 2.45) is 0 Å². The van der Waals surface area contributed by atoms with Gasteiger partial charge < -0.3 is 74.4 Å². The van der Waals surface area contributed by atoms with Gasteiger partial charge in [-0.15, -0.1) is 0 Å². The van der Waals surface area contributed by atoms with Crippen molar-refractivity contribution in [1.29, 1.82) is 0 Å². The number of phenolic OH excluding ortho intramolecular Hbond substituents is 3. The molecule has 3 aliphatic heterocycles. The molecule has 2 aromatic carbocycles. The van der Waals surface area contributed by atoms with Crippen molar-refractivity contribution in [2.75, 3.05) is 13.7 Å². The van der Waals surface area contributed by atoms with Crippen LogP contribution in [0.25, 0.3) is 0 Å². The number of carbonyl (C=O) groups excluding carboxylic acids is 1. The van der Waals surface area contributed by atoms with Crippen LogP contribution in [0.5, 0.6) is 28.7 Å². The molecule has 0 spiro atoms. The number of rotatable bonds is 6. The van der Waals surface area contributed by atoms with Gasteiger partial charge in [-0.25, -0.2) is 0 Å². The van der Waals surface area contributed by atoms with Gasteiger partial charge in [0, 0.05) is 17.7 Å². The predicted molar refractivity (Wildman–Crippen MR) is 140 cm³/mol. The zero-order valence-corrected chi connectivity index (χ0v) is 23.3. The Morgan fingerprint density at radius 3 is 2.20 bits per heavy atom. The summed E-state index contributed by atoms with van der Waals surface area (Å²) in [6, 6.07) is 4.61. The van der Waals surface area contributed by atoms with E-state index in [-0.39, 0.29) is 33.9 Å². The molecule has 2 fully saturated rings. The molecule has 16 nitrogen and oxygen atoms in total. The fourth-order valence-electron chi connectivity index (χ4n) is 6.10. The lowest BCUT2D eigenvalue weighted by Gasteiger charge is -2.44. The number of carbonyl (C=O) groups is 1. The lowest BCUT2D eigenvalue weighted by Crippen LogP contribution is -2.63. The molecule has 0 unspecified atom stereocenters. The molecule has 44 heavy (non-hydrogen) atoms. The standard InChI is InChI=1S/C28H32O16/c1-8-19(32)21(34)23(36)26(41-8)40-7-16-20(33)22(35)24(37)27(42-16)44-28-18(17-13(31)3-9(29)4-15(17)43-28)10-5-12(30)14(39-2)6-11(10)25(28)38/h3-6,8,16,18-24,26-27,29-37H,7H2,1-2H3/t8-,16+,18-,19-,20+,21+,22-,23+,24+,26+,27-,28-/m0/s1. The van der Waals surface area contributed by atoms with Crippen molar-refractivity contribution in [3.05, 3.63) is 41.0 Å². The fourth-order valence-corrected chi connectivity index (χ4v) is 6.10. The molecule has 6 rings (SSSR count). The molecule has 4 aliphatic rings.